The first kappa shape index (κ1) is 27.3. The van der Waals surface area contributed by atoms with Crippen LogP contribution in [0.4, 0.5) is 0 Å². The molecule has 0 radical (unpaired) electrons. The van der Waals surface area contributed by atoms with E-state index in [1.54, 1.807) is 49.4 Å². The first-order valence-electron chi connectivity index (χ1n) is 13.8. The summed E-state index contributed by atoms with van der Waals surface area (Å²) in [5.74, 6) is -2.43. The third kappa shape index (κ3) is 4.05. The number of Topliss-reactive ketones (excluding diaryl/α,β-unsaturated/α-hetero) is 1. The molecule has 7 heteroatoms. The van der Waals surface area contributed by atoms with Crippen molar-refractivity contribution in [3.8, 4) is 0 Å². The number of benzene rings is 1. The second-order valence-corrected chi connectivity index (χ2v) is 11.9. The highest BCUT2D eigenvalue weighted by Crippen LogP contribution is 2.68. The molecule has 5 rings (SSSR count). The van der Waals surface area contributed by atoms with E-state index in [-0.39, 0.29) is 42.3 Å². The first-order chi connectivity index (χ1) is 18.5. The zero-order valence-electron chi connectivity index (χ0n) is 22.9. The molecule has 1 aromatic rings. The van der Waals surface area contributed by atoms with Crippen molar-refractivity contribution in [2.45, 2.75) is 58.7 Å². The van der Waals surface area contributed by atoms with E-state index in [9.17, 15) is 24.3 Å². The lowest BCUT2D eigenvalue weighted by Gasteiger charge is -2.58. The highest BCUT2D eigenvalue weighted by molar-refractivity contribution is 6.01. The highest BCUT2D eigenvalue weighted by Gasteiger charge is 2.72. The fourth-order valence-electron chi connectivity index (χ4n) is 8.12. The van der Waals surface area contributed by atoms with Crippen LogP contribution in [0.5, 0.6) is 0 Å². The Morgan fingerprint density at radius 2 is 1.82 bits per heavy atom. The summed E-state index contributed by atoms with van der Waals surface area (Å²) >= 11 is 0. The lowest BCUT2D eigenvalue weighted by Crippen LogP contribution is -2.63. The van der Waals surface area contributed by atoms with E-state index in [1.165, 1.54) is 0 Å². The quantitative estimate of drug-likeness (QED) is 0.541. The number of hydrogen-bond donors (Lipinski definition) is 1. The molecular formula is C32H36O7. The van der Waals surface area contributed by atoms with Crippen molar-refractivity contribution in [1.82, 2.24) is 0 Å². The Labute approximate surface area is 228 Å². The van der Waals surface area contributed by atoms with Crippen LogP contribution in [0.1, 0.15) is 57.3 Å². The van der Waals surface area contributed by atoms with Gasteiger partial charge in [-0.1, -0.05) is 64.1 Å². The van der Waals surface area contributed by atoms with Gasteiger partial charge in [0.2, 0.25) is 5.78 Å². The van der Waals surface area contributed by atoms with Crippen molar-refractivity contribution in [3.05, 3.63) is 71.8 Å². The fourth-order valence-corrected chi connectivity index (χ4v) is 8.12. The number of carbonyl (C=O) groups is 4. The van der Waals surface area contributed by atoms with E-state index in [1.807, 2.05) is 32.9 Å². The molecule has 8 atom stereocenters. The van der Waals surface area contributed by atoms with Crippen LogP contribution in [-0.2, 0) is 23.9 Å². The van der Waals surface area contributed by atoms with E-state index >= 15 is 0 Å². The van der Waals surface area contributed by atoms with Crippen LogP contribution >= 0.6 is 0 Å². The minimum Gasteiger partial charge on any atom is -0.454 e. The molecule has 2 fully saturated rings. The molecule has 1 N–H and O–H groups in total. The van der Waals surface area contributed by atoms with Gasteiger partial charge in [0.05, 0.1) is 11.7 Å². The number of aliphatic hydroxyl groups excluding tert-OH is 1. The van der Waals surface area contributed by atoms with Gasteiger partial charge >= 0.3 is 11.9 Å². The van der Waals surface area contributed by atoms with Gasteiger partial charge in [0, 0.05) is 29.1 Å². The second kappa shape index (κ2) is 9.70. The molecule has 0 amide bonds. The third-order valence-electron chi connectivity index (χ3n) is 9.92. The summed E-state index contributed by atoms with van der Waals surface area (Å²) in [6.07, 6.45) is 9.21. The number of aliphatic hydroxyl groups is 1. The van der Waals surface area contributed by atoms with Gasteiger partial charge in [-0.15, -0.1) is 0 Å². The van der Waals surface area contributed by atoms with Gasteiger partial charge in [-0.3, -0.25) is 14.4 Å². The molecule has 4 aliphatic rings. The van der Waals surface area contributed by atoms with Crippen molar-refractivity contribution < 1.29 is 33.8 Å². The first-order valence-corrected chi connectivity index (χ1v) is 13.8. The number of ketones is 2. The molecule has 206 valence electrons. The minimum atomic E-state index is -1.56. The lowest BCUT2D eigenvalue weighted by atomic mass is 9.47. The van der Waals surface area contributed by atoms with Gasteiger partial charge < -0.3 is 14.6 Å². The molecule has 1 aromatic carbocycles. The Bertz CT molecular complexity index is 1290. The average Bonchev–Trinajstić information content (AvgIpc) is 3.14. The Morgan fingerprint density at radius 1 is 1.10 bits per heavy atom. The molecule has 2 saturated carbocycles. The van der Waals surface area contributed by atoms with Crippen molar-refractivity contribution >= 4 is 23.5 Å². The van der Waals surface area contributed by atoms with Crippen LogP contribution < -0.4 is 0 Å². The van der Waals surface area contributed by atoms with Crippen LogP contribution in [0.15, 0.2) is 66.3 Å². The van der Waals surface area contributed by atoms with Gasteiger partial charge in [0.1, 0.15) is 0 Å². The summed E-state index contributed by atoms with van der Waals surface area (Å²) < 4.78 is 11.6. The number of ether oxygens (including phenoxy) is 2. The molecule has 0 aliphatic heterocycles. The Balaban J connectivity index is 1.52. The fraction of sp³-hybridized carbons (Fsp3) is 0.500. The normalized spacial score (nSPS) is 38.2. The predicted octanol–water partition coefficient (Wildman–Crippen LogP) is 4.41. The Morgan fingerprint density at radius 3 is 2.51 bits per heavy atom. The summed E-state index contributed by atoms with van der Waals surface area (Å²) in [6.45, 7) is 7.03. The molecule has 4 aliphatic carbocycles. The zero-order chi connectivity index (χ0) is 28.2. The van der Waals surface area contributed by atoms with Gasteiger partial charge in [0.25, 0.3) is 0 Å². The van der Waals surface area contributed by atoms with Gasteiger partial charge in [0.15, 0.2) is 18.0 Å². The van der Waals surface area contributed by atoms with Gasteiger partial charge in [-0.25, -0.2) is 4.79 Å². The molecule has 7 nitrogen and oxygen atoms in total. The summed E-state index contributed by atoms with van der Waals surface area (Å²) in [7, 11) is 0. The lowest BCUT2D eigenvalue weighted by molar-refractivity contribution is -0.201. The topological polar surface area (TPSA) is 107 Å². The van der Waals surface area contributed by atoms with Gasteiger partial charge in [-0.2, -0.15) is 0 Å². The Kier molecular flexibility index (Phi) is 6.78. The molecule has 0 bridgehead atoms. The SMILES string of the molecule is CCC(=O)O[C@@]1(C(=O)COC(=O)c2ccccc2)[C@H](C)C[C@H]2[C@@H]3C=CC4=CC(=O)C=C[C@]4(C)[C@H]3[C@@H](O)C[C@@]21C. The summed E-state index contributed by atoms with van der Waals surface area (Å²) in [5.41, 5.74) is -1.79. The predicted molar refractivity (Wildman–Crippen MR) is 143 cm³/mol. The maximum Gasteiger partial charge on any atom is 0.338 e. The molecule has 39 heavy (non-hydrogen) atoms. The van der Waals surface area contributed by atoms with E-state index in [0.29, 0.717) is 12.0 Å². The van der Waals surface area contributed by atoms with E-state index in [2.05, 4.69) is 6.08 Å². The van der Waals surface area contributed by atoms with Crippen molar-refractivity contribution in [3.63, 3.8) is 0 Å². The number of allylic oxidation sites excluding steroid dienone is 6. The number of carbonyl (C=O) groups excluding carboxylic acids is 4. The number of hydrogen-bond acceptors (Lipinski definition) is 7. The van der Waals surface area contributed by atoms with Crippen LogP contribution in [0.25, 0.3) is 0 Å². The number of fused-ring (bicyclic) bond motifs is 5. The van der Waals surface area contributed by atoms with Crippen molar-refractivity contribution in [2.75, 3.05) is 6.61 Å². The maximum absolute atomic E-state index is 14.1. The smallest absolute Gasteiger partial charge is 0.338 e. The minimum absolute atomic E-state index is 0.0728. The monoisotopic (exact) mass is 532 g/mol. The van der Waals surface area contributed by atoms with E-state index in [0.717, 1.165) is 5.57 Å². The largest absolute Gasteiger partial charge is 0.454 e. The molecule has 0 saturated heterocycles. The standard InChI is InChI=1S/C32H36O7/c1-5-27(36)39-32(26(35)18-38-29(37)20-9-7-6-8-10-20)19(2)15-24-23-12-11-21-16-22(33)13-14-30(21,3)28(23)25(34)17-31(24,32)4/h6-14,16,19,23-25,28,34H,5,15,17-18H2,1-4H3/t19-,23+,24+,25+,28-,30+,31+,32-/m1/s1. The van der Waals surface area contributed by atoms with Gasteiger partial charge in [-0.05, 0) is 54.5 Å². The third-order valence-corrected chi connectivity index (χ3v) is 9.92. The molecule has 0 spiro atoms. The average molecular weight is 533 g/mol. The molecular weight excluding hydrogens is 496 g/mol. The number of rotatable bonds is 6. The van der Waals surface area contributed by atoms with Crippen LogP contribution in [0, 0.1) is 34.5 Å². The molecule has 0 heterocycles. The van der Waals surface area contributed by atoms with E-state index in [4.69, 9.17) is 9.47 Å². The zero-order valence-corrected chi connectivity index (χ0v) is 22.9. The van der Waals surface area contributed by atoms with Crippen LogP contribution in [0.3, 0.4) is 0 Å². The summed E-state index contributed by atoms with van der Waals surface area (Å²) in [6, 6.07) is 8.43. The summed E-state index contributed by atoms with van der Waals surface area (Å²) in [4.78, 5) is 51.7. The van der Waals surface area contributed by atoms with Crippen LogP contribution in [0.2, 0.25) is 0 Å². The Hall–Kier alpha value is -3.32. The second-order valence-electron chi connectivity index (χ2n) is 11.9. The number of esters is 2. The van der Waals surface area contributed by atoms with Crippen LogP contribution in [-0.4, -0.2) is 46.9 Å². The van der Waals surface area contributed by atoms with Crippen molar-refractivity contribution in [1.29, 1.82) is 0 Å². The molecule has 0 aromatic heterocycles. The molecule has 0 unspecified atom stereocenters. The summed E-state index contributed by atoms with van der Waals surface area (Å²) in [5, 5.41) is 11.7. The maximum atomic E-state index is 14.1. The highest BCUT2D eigenvalue weighted by atomic mass is 16.6. The van der Waals surface area contributed by atoms with E-state index < -0.39 is 46.9 Å². The van der Waals surface area contributed by atoms with Crippen molar-refractivity contribution in [2.24, 2.45) is 34.5 Å².